The quantitative estimate of drug-likeness (QED) is 0.707. The monoisotopic (exact) mass is 245 g/mol. The summed E-state index contributed by atoms with van der Waals surface area (Å²) in [7, 11) is 2.20. The summed E-state index contributed by atoms with van der Waals surface area (Å²) >= 11 is 5.99. The molecule has 1 aliphatic carbocycles. The van der Waals surface area contributed by atoms with Gasteiger partial charge in [-0.1, -0.05) is 0 Å². The predicted molar refractivity (Wildman–Crippen MR) is 68.0 cm³/mol. The third kappa shape index (κ3) is 3.35. The van der Waals surface area contributed by atoms with E-state index in [9.17, 15) is 0 Å². The summed E-state index contributed by atoms with van der Waals surface area (Å²) in [5, 5.41) is 0.445. The van der Waals surface area contributed by atoms with Gasteiger partial charge >= 0.3 is 0 Å². The van der Waals surface area contributed by atoms with Gasteiger partial charge in [0.25, 0.3) is 0 Å². The number of nitrogens with zero attached hydrogens (tertiary/aromatic N) is 1. The van der Waals surface area contributed by atoms with Crippen molar-refractivity contribution in [2.75, 3.05) is 20.1 Å². The van der Waals surface area contributed by atoms with Gasteiger partial charge in [0.15, 0.2) is 0 Å². The Labute approximate surface area is 104 Å². The molecule has 0 aromatic rings. The average Bonchev–Trinajstić information content (AvgIpc) is 2.42. The van der Waals surface area contributed by atoms with Crippen LogP contribution in [0.5, 0.6) is 0 Å². The fourth-order valence-electron chi connectivity index (χ4n) is 2.87. The van der Waals surface area contributed by atoms with E-state index >= 15 is 0 Å². The number of ether oxygens (including phenoxy) is 1. The van der Waals surface area contributed by atoms with Crippen molar-refractivity contribution in [1.82, 2.24) is 4.90 Å². The molecule has 1 unspecified atom stereocenters. The van der Waals surface area contributed by atoms with E-state index in [4.69, 9.17) is 16.3 Å². The van der Waals surface area contributed by atoms with Crippen molar-refractivity contribution in [2.24, 2.45) is 5.92 Å². The van der Waals surface area contributed by atoms with E-state index in [1.165, 1.54) is 32.2 Å². The molecule has 94 valence electrons. The van der Waals surface area contributed by atoms with E-state index in [1.54, 1.807) is 0 Å². The molecule has 0 radical (unpaired) electrons. The summed E-state index contributed by atoms with van der Waals surface area (Å²) in [6.07, 6.45) is 5.23. The Kier molecular flexibility index (Phi) is 3.82. The minimum absolute atomic E-state index is 0.100. The van der Waals surface area contributed by atoms with Crippen LogP contribution in [0.15, 0.2) is 0 Å². The lowest BCUT2D eigenvalue weighted by atomic mass is 9.84. The van der Waals surface area contributed by atoms with Crippen molar-refractivity contribution >= 4 is 11.6 Å². The lowest BCUT2D eigenvalue weighted by Gasteiger charge is -2.35. The Morgan fingerprint density at radius 2 is 2.00 bits per heavy atom. The molecule has 1 atom stereocenters. The summed E-state index contributed by atoms with van der Waals surface area (Å²) in [5.74, 6) is 0.821. The second kappa shape index (κ2) is 4.83. The van der Waals surface area contributed by atoms with Gasteiger partial charge in [0.2, 0.25) is 0 Å². The zero-order valence-corrected chi connectivity index (χ0v) is 11.5. The van der Waals surface area contributed by atoms with Crippen LogP contribution in [0.25, 0.3) is 0 Å². The van der Waals surface area contributed by atoms with Crippen LogP contribution < -0.4 is 0 Å². The molecule has 2 nitrogen and oxygen atoms in total. The van der Waals surface area contributed by atoms with Gasteiger partial charge in [-0.3, -0.25) is 0 Å². The highest BCUT2D eigenvalue weighted by Gasteiger charge is 2.33. The molecule has 3 heteroatoms. The fraction of sp³-hybridized carbons (Fsp3) is 1.00. The van der Waals surface area contributed by atoms with Crippen molar-refractivity contribution < 1.29 is 4.74 Å². The summed E-state index contributed by atoms with van der Waals surface area (Å²) in [6, 6.07) is 0. The van der Waals surface area contributed by atoms with Crippen LogP contribution >= 0.6 is 11.6 Å². The Morgan fingerprint density at radius 3 is 2.50 bits per heavy atom. The number of likely N-dealkylation sites (N-methyl/N-ethyl adjacent to an activating group) is 1. The minimum Gasteiger partial charge on any atom is -0.371 e. The van der Waals surface area contributed by atoms with Crippen LogP contribution in [0.1, 0.15) is 39.5 Å². The SMILES string of the molecule is CN(CC1CC(Cl)C1)CC1CCC(C)(C)O1. The third-order valence-electron chi connectivity index (χ3n) is 3.82. The predicted octanol–water partition coefficient (Wildman–Crippen LogP) is 2.89. The zero-order valence-electron chi connectivity index (χ0n) is 10.7. The number of halogens is 1. The van der Waals surface area contributed by atoms with Gasteiger partial charge in [0.05, 0.1) is 11.7 Å². The van der Waals surface area contributed by atoms with Gasteiger partial charge in [-0.25, -0.2) is 0 Å². The molecule has 2 fully saturated rings. The van der Waals surface area contributed by atoms with Crippen molar-refractivity contribution in [3.05, 3.63) is 0 Å². The Bertz CT molecular complexity index is 238. The first-order valence-electron chi connectivity index (χ1n) is 6.45. The molecule has 2 aliphatic rings. The highest BCUT2D eigenvalue weighted by molar-refractivity contribution is 6.21. The summed E-state index contributed by atoms with van der Waals surface area (Å²) in [6.45, 7) is 6.64. The first-order chi connectivity index (χ1) is 7.44. The van der Waals surface area contributed by atoms with Crippen LogP contribution in [-0.4, -0.2) is 42.1 Å². The largest absolute Gasteiger partial charge is 0.371 e. The third-order valence-corrected chi connectivity index (χ3v) is 4.17. The van der Waals surface area contributed by atoms with Crippen LogP contribution in [-0.2, 0) is 4.74 Å². The standard InChI is InChI=1S/C13H24ClNO/c1-13(2)5-4-12(16-13)9-15(3)8-10-6-11(14)7-10/h10-12H,4-9H2,1-3H3. The molecule has 1 heterocycles. The second-order valence-electron chi connectivity index (χ2n) is 6.19. The molecular weight excluding hydrogens is 222 g/mol. The van der Waals surface area contributed by atoms with E-state index in [2.05, 4.69) is 25.8 Å². The molecule has 2 rings (SSSR count). The molecule has 0 N–H and O–H groups in total. The van der Waals surface area contributed by atoms with Gasteiger partial charge in [-0.05, 0) is 52.5 Å². The first-order valence-corrected chi connectivity index (χ1v) is 6.89. The maximum atomic E-state index is 6.01. The topological polar surface area (TPSA) is 12.5 Å². The lowest BCUT2D eigenvalue weighted by Crippen LogP contribution is -2.38. The number of alkyl halides is 1. The minimum atomic E-state index is 0.100. The Hall–Kier alpha value is 0.210. The first kappa shape index (κ1) is 12.7. The van der Waals surface area contributed by atoms with E-state index in [1.807, 2.05) is 0 Å². The van der Waals surface area contributed by atoms with Gasteiger partial charge in [-0.2, -0.15) is 0 Å². The van der Waals surface area contributed by atoms with E-state index in [-0.39, 0.29) is 5.60 Å². The van der Waals surface area contributed by atoms with Crippen molar-refractivity contribution in [1.29, 1.82) is 0 Å². The molecule has 0 aromatic heterocycles. The number of rotatable bonds is 4. The molecule has 0 amide bonds. The Morgan fingerprint density at radius 1 is 1.31 bits per heavy atom. The highest BCUT2D eigenvalue weighted by atomic mass is 35.5. The van der Waals surface area contributed by atoms with Crippen LogP contribution in [0.2, 0.25) is 0 Å². The average molecular weight is 246 g/mol. The number of hydrogen-bond donors (Lipinski definition) is 0. The molecule has 1 saturated carbocycles. The van der Waals surface area contributed by atoms with E-state index in [0.29, 0.717) is 11.5 Å². The van der Waals surface area contributed by atoms with Gasteiger partial charge in [0.1, 0.15) is 0 Å². The maximum absolute atomic E-state index is 6.01. The van der Waals surface area contributed by atoms with E-state index < -0.39 is 0 Å². The Balaban J connectivity index is 1.66. The van der Waals surface area contributed by atoms with Gasteiger partial charge in [-0.15, -0.1) is 11.6 Å². The molecule has 0 bridgehead atoms. The van der Waals surface area contributed by atoms with Crippen LogP contribution in [0, 0.1) is 5.92 Å². The molecular formula is C13H24ClNO. The van der Waals surface area contributed by atoms with Crippen molar-refractivity contribution in [3.8, 4) is 0 Å². The van der Waals surface area contributed by atoms with E-state index in [0.717, 1.165) is 12.5 Å². The number of hydrogen-bond acceptors (Lipinski definition) is 2. The second-order valence-corrected chi connectivity index (χ2v) is 6.81. The van der Waals surface area contributed by atoms with Gasteiger partial charge < -0.3 is 9.64 Å². The van der Waals surface area contributed by atoms with Crippen LogP contribution in [0.3, 0.4) is 0 Å². The molecule has 16 heavy (non-hydrogen) atoms. The molecule has 1 saturated heterocycles. The normalized spacial score (nSPS) is 37.7. The van der Waals surface area contributed by atoms with Crippen LogP contribution in [0.4, 0.5) is 0 Å². The van der Waals surface area contributed by atoms with Crippen molar-refractivity contribution in [3.63, 3.8) is 0 Å². The maximum Gasteiger partial charge on any atom is 0.0710 e. The summed E-state index contributed by atoms with van der Waals surface area (Å²) < 4.78 is 6.01. The molecule has 0 spiro atoms. The summed E-state index contributed by atoms with van der Waals surface area (Å²) in [4.78, 5) is 2.42. The highest BCUT2D eigenvalue weighted by Crippen LogP contribution is 2.33. The summed E-state index contributed by atoms with van der Waals surface area (Å²) in [5.41, 5.74) is 0.100. The van der Waals surface area contributed by atoms with Gasteiger partial charge in [0, 0.05) is 18.5 Å². The molecule has 1 aliphatic heterocycles. The molecule has 0 aromatic carbocycles. The zero-order chi connectivity index (χ0) is 11.8. The fourth-order valence-corrected chi connectivity index (χ4v) is 3.38. The van der Waals surface area contributed by atoms with Crippen molar-refractivity contribution in [2.45, 2.75) is 56.6 Å². The smallest absolute Gasteiger partial charge is 0.0710 e. The lowest BCUT2D eigenvalue weighted by molar-refractivity contribution is -0.0281.